The molecular formula is C29H34NO9P. The van der Waals surface area contributed by atoms with Gasteiger partial charge in [-0.1, -0.05) is 72.8 Å². The largest absolute Gasteiger partial charge is 0.489 e. The van der Waals surface area contributed by atoms with Gasteiger partial charge < -0.3 is 25.2 Å². The standard InChI is InChI=1S/C29H34NO9P/c30-26(29(32)33)21-39-40(34,35)38-17-7-16-36-28(31)15-14-25-12-4-5-13-27(25)37-20-24-11-6-10-23(19-24)18-22-8-2-1-3-9-22/h1-6,8-13,19,26H,7,14-18,20-21,30H2,(H,32,33)(H,34,35)/t26-/m0/s1. The van der Waals surface area contributed by atoms with Crippen LogP contribution in [-0.4, -0.2) is 47.8 Å². The summed E-state index contributed by atoms with van der Waals surface area (Å²) in [7, 11) is -4.45. The Morgan fingerprint density at radius 3 is 2.35 bits per heavy atom. The van der Waals surface area contributed by atoms with Crippen LogP contribution in [0.5, 0.6) is 5.75 Å². The van der Waals surface area contributed by atoms with Gasteiger partial charge in [0.15, 0.2) is 0 Å². The average molecular weight is 572 g/mol. The molecule has 40 heavy (non-hydrogen) atoms. The SMILES string of the molecule is N[C@@H](COP(=O)(O)OCCCOC(=O)CCc1ccccc1OCc1cccc(Cc2ccccc2)c1)C(=O)O. The van der Waals surface area contributed by atoms with Crippen molar-refractivity contribution < 1.29 is 42.7 Å². The van der Waals surface area contributed by atoms with Crippen molar-refractivity contribution in [3.05, 3.63) is 101 Å². The second-order valence-corrected chi connectivity index (χ2v) is 10.4. The first-order valence-electron chi connectivity index (χ1n) is 12.8. The maximum absolute atomic E-state index is 12.2. The van der Waals surface area contributed by atoms with Crippen LogP contribution < -0.4 is 10.5 Å². The van der Waals surface area contributed by atoms with Gasteiger partial charge in [0, 0.05) is 12.8 Å². The van der Waals surface area contributed by atoms with E-state index in [0.29, 0.717) is 18.8 Å². The number of aliphatic carboxylic acids is 1. The lowest BCUT2D eigenvalue weighted by Gasteiger charge is -2.14. The fraction of sp³-hybridized carbons (Fsp3) is 0.310. The minimum atomic E-state index is -4.45. The molecule has 0 amide bonds. The Bertz CT molecular complexity index is 1290. The first-order valence-corrected chi connectivity index (χ1v) is 14.3. The maximum atomic E-state index is 12.2. The molecule has 0 saturated heterocycles. The molecule has 3 rings (SSSR count). The highest BCUT2D eigenvalue weighted by atomic mass is 31.2. The van der Waals surface area contributed by atoms with Crippen LogP contribution in [0.25, 0.3) is 0 Å². The lowest BCUT2D eigenvalue weighted by Crippen LogP contribution is -2.34. The predicted molar refractivity (Wildman–Crippen MR) is 148 cm³/mol. The summed E-state index contributed by atoms with van der Waals surface area (Å²) >= 11 is 0. The van der Waals surface area contributed by atoms with Crippen molar-refractivity contribution in [1.82, 2.24) is 0 Å². The van der Waals surface area contributed by atoms with E-state index in [2.05, 4.69) is 28.8 Å². The molecule has 4 N–H and O–H groups in total. The summed E-state index contributed by atoms with van der Waals surface area (Å²) in [4.78, 5) is 32.3. The fourth-order valence-electron chi connectivity index (χ4n) is 3.69. The Labute approximate surface area is 233 Å². The number of carbonyl (C=O) groups excluding carboxylic acids is 1. The van der Waals surface area contributed by atoms with E-state index < -0.39 is 32.4 Å². The molecule has 0 aromatic heterocycles. The molecule has 2 atom stereocenters. The van der Waals surface area contributed by atoms with Gasteiger partial charge in [-0.25, -0.2) is 4.57 Å². The molecule has 0 fully saturated rings. The number of esters is 1. The number of rotatable bonds is 17. The highest BCUT2D eigenvalue weighted by Gasteiger charge is 2.24. The number of hydrogen-bond acceptors (Lipinski definition) is 8. The molecule has 0 aliphatic rings. The highest BCUT2D eigenvalue weighted by Crippen LogP contribution is 2.43. The van der Waals surface area contributed by atoms with Crippen LogP contribution in [0.2, 0.25) is 0 Å². The number of hydrogen-bond donors (Lipinski definition) is 3. The monoisotopic (exact) mass is 571 g/mol. The Kier molecular flexibility index (Phi) is 12.3. The van der Waals surface area contributed by atoms with Crippen molar-refractivity contribution >= 4 is 19.8 Å². The zero-order valence-corrected chi connectivity index (χ0v) is 22.9. The smallest absolute Gasteiger partial charge is 0.472 e. The Balaban J connectivity index is 1.38. The molecular weight excluding hydrogens is 537 g/mol. The summed E-state index contributed by atoms with van der Waals surface area (Å²) in [6.07, 6.45) is 1.54. The van der Waals surface area contributed by atoms with Gasteiger partial charge >= 0.3 is 19.8 Å². The number of ether oxygens (including phenoxy) is 2. The summed E-state index contributed by atoms with van der Waals surface area (Å²) in [5.74, 6) is -1.11. The van der Waals surface area contributed by atoms with Crippen molar-refractivity contribution in [2.45, 2.75) is 38.3 Å². The third kappa shape index (κ3) is 11.3. The van der Waals surface area contributed by atoms with Crippen LogP contribution in [0, 0.1) is 0 Å². The van der Waals surface area contributed by atoms with Gasteiger partial charge in [0.1, 0.15) is 18.4 Å². The second-order valence-electron chi connectivity index (χ2n) is 9.00. The Morgan fingerprint density at radius 1 is 0.875 bits per heavy atom. The topological polar surface area (TPSA) is 155 Å². The molecule has 3 aromatic carbocycles. The predicted octanol–water partition coefficient (Wildman–Crippen LogP) is 4.27. The van der Waals surface area contributed by atoms with Crippen molar-refractivity contribution in [3.8, 4) is 5.75 Å². The van der Waals surface area contributed by atoms with E-state index in [1.54, 1.807) is 0 Å². The van der Waals surface area contributed by atoms with Crippen LogP contribution in [0.15, 0.2) is 78.9 Å². The number of aryl methyl sites for hydroxylation is 1. The van der Waals surface area contributed by atoms with Gasteiger partial charge in [-0.05, 0) is 41.2 Å². The molecule has 0 aliphatic carbocycles. The van der Waals surface area contributed by atoms with Gasteiger partial charge in [-0.2, -0.15) is 0 Å². The summed E-state index contributed by atoms with van der Waals surface area (Å²) in [5.41, 5.74) is 9.57. The van der Waals surface area contributed by atoms with Crippen LogP contribution in [-0.2, 0) is 47.4 Å². The molecule has 0 aliphatic heterocycles. The first-order chi connectivity index (χ1) is 19.2. The molecule has 214 valence electrons. The van der Waals surface area contributed by atoms with Gasteiger partial charge in [0.25, 0.3) is 0 Å². The average Bonchev–Trinajstić information content (AvgIpc) is 2.94. The minimum absolute atomic E-state index is 0.0229. The zero-order chi connectivity index (χ0) is 28.8. The zero-order valence-electron chi connectivity index (χ0n) is 22.0. The van der Waals surface area contributed by atoms with E-state index in [-0.39, 0.29) is 26.1 Å². The number of carbonyl (C=O) groups is 2. The number of phosphoric acid groups is 1. The Morgan fingerprint density at radius 2 is 1.57 bits per heavy atom. The van der Waals surface area contributed by atoms with E-state index >= 15 is 0 Å². The molecule has 3 aromatic rings. The minimum Gasteiger partial charge on any atom is -0.489 e. The number of nitrogens with two attached hydrogens (primary N) is 1. The summed E-state index contributed by atoms with van der Waals surface area (Å²) in [6.45, 7) is -0.535. The first kappa shape index (κ1) is 31.0. The molecule has 11 heteroatoms. The lowest BCUT2D eigenvalue weighted by molar-refractivity contribution is -0.143. The molecule has 0 radical (unpaired) electrons. The highest BCUT2D eigenvalue weighted by molar-refractivity contribution is 7.47. The molecule has 0 bridgehead atoms. The van der Waals surface area contributed by atoms with Gasteiger partial charge in [0.2, 0.25) is 0 Å². The van der Waals surface area contributed by atoms with Crippen molar-refractivity contribution in [2.24, 2.45) is 5.73 Å². The fourth-order valence-corrected chi connectivity index (χ4v) is 4.47. The normalized spacial score (nSPS) is 13.2. The summed E-state index contributed by atoms with van der Waals surface area (Å²) in [6, 6.07) is 24.6. The number of carboxylic acid groups (broad SMARTS) is 1. The van der Waals surface area contributed by atoms with E-state index in [1.807, 2.05) is 54.6 Å². The third-order valence-corrected chi connectivity index (χ3v) is 6.73. The third-order valence-electron chi connectivity index (χ3n) is 5.75. The Hall–Kier alpha value is -3.53. The maximum Gasteiger partial charge on any atom is 0.472 e. The summed E-state index contributed by atoms with van der Waals surface area (Å²) in [5, 5.41) is 8.66. The van der Waals surface area contributed by atoms with Gasteiger partial charge in [-0.3, -0.25) is 18.6 Å². The van der Waals surface area contributed by atoms with E-state index in [1.165, 1.54) is 11.1 Å². The van der Waals surface area contributed by atoms with Crippen LogP contribution >= 0.6 is 7.82 Å². The van der Waals surface area contributed by atoms with Crippen LogP contribution in [0.4, 0.5) is 0 Å². The summed E-state index contributed by atoms with van der Waals surface area (Å²) < 4.78 is 32.2. The van der Waals surface area contributed by atoms with Crippen molar-refractivity contribution in [3.63, 3.8) is 0 Å². The molecule has 10 nitrogen and oxygen atoms in total. The molecule has 0 heterocycles. The van der Waals surface area contributed by atoms with Crippen molar-refractivity contribution in [2.75, 3.05) is 19.8 Å². The van der Waals surface area contributed by atoms with Gasteiger partial charge in [0.05, 0.1) is 19.8 Å². The molecule has 0 saturated carbocycles. The van der Waals surface area contributed by atoms with Crippen LogP contribution in [0.1, 0.15) is 35.1 Å². The number of carboxylic acids is 1. The number of para-hydroxylation sites is 1. The number of phosphoric ester groups is 1. The molecule has 0 spiro atoms. The van der Waals surface area contributed by atoms with Crippen molar-refractivity contribution in [1.29, 1.82) is 0 Å². The van der Waals surface area contributed by atoms with Gasteiger partial charge in [-0.15, -0.1) is 0 Å². The van der Waals surface area contributed by atoms with E-state index in [0.717, 1.165) is 17.5 Å². The van der Waals surface area contributed by atoms with Crippen LogP contribution in [0.3, 0.4) is 0 Å². The van der Waals surface area contributed by atoms with E-state index in [9.17, 15) is 19.0 Å². The number of benzene rings is 3. The molecule has 1 unspecified atom stereocenters. The quantitative estimate of drug-likeness (QED) is 0.122. The van der Waals surface area contributed by atoms with E-state index in [4.69, 9.17) is 24.8 Å². The second kappa shape index (κ2) is 15.9. The lowest BCUT2D eigenvalue weighted by atomic mass is 10.0.